The minimum atomic E-state index is -3.05. The van der Waals surface area contributed by atoms with Crippen LogP contribution in [0.15, 0.2) is 36.7 Å². The van der Waals surface area contributed by atoms with Gasteiger partial charge in [-0.05, 0) is 24.6 Å². The molecule has 0 aliphatic carbocycles. The lowest BCUT2D eigenvalue weighted by molar-refractivity contribution is 0.0747. The van der Waals surface area contributed by atoms with Crippen LogP contribution >= 0.6 is 0 Å². The van der Waals surface area contributed by atoms with Crippen LogP contribution in [0.2, 0.25) is 0 Å². The Morgan fingerprint density at radius 1 is 1.19 bits per heavy atom. The van der Waals surface area contributed by atoms with Crippen LogP contribution in [0.25, 0.3) is 0 Å². The summed E-state index contributed by atoms with van der Waals surface area (Å²) >= 11 is 0. The molecule has 9 heteroatoms. The van der Waals surface area contributed by atoms with Gasteiger partial charge >= 0.3 is 0 Å². The van der Waals surface area contributed by atoms with Crippen LogP contribution in [0.1, 0.15) is 16.8 Å². The van der Waals surface area contributed by atoms with Crippen molar-refractivity contribution in [1.29, 1.82) is 0 Å². The number of carbonyl (C=O) groups excluding carboxylic acids is 1. The summed E-state index contributed by atoms with van der Waals surface area (Å²) in [5.41, 5.74) is 1.82. The number of fused-ring (bicyclic) bond motifs is 1. The number of hydrogen-bond acceptors (Lipinski definition) is 7. The van der Waals surface area contributed by atoms with Gasteiger partial charge in [0, 0.05) is 31.0 Å². The lowest BCUT2D eigenvalue weighted by atomic mass is 10.2. The number of nitrogens with one attached hydrogen (secondary N) is 1. The van der Waals surface area contributed by atoms with Crippen LogP contribution < -0.4 is 14.8 Å². The summed E-state index contributed by atoms with van der Waals surface area (Å²) in [5.74, 6) is 1.23. The van der Waals surface area contributed by atoms with Gasteiger partial charge in [-0.3, -0.25) is 9.78 Å². The van der Waals surface area contributed by atoms with Gasteiger partial charge in [0.1, 0.15) is 0 Å². The zero-order valence-electron chi connectivity index (χ0n) is 14.7. The molecule has 2 aromatic rings. The molecular weight excluding hydrogens is 370 g/mol. The van der Waals surface area contributed by atoms with Crippen molar-refractivity contribution in [1.82, 2.24) is 9.88 Å². The third-order valence-electron chi connectivity index (χ3n) is 4.72. The Morgan fingerprint density at radius 3 is 2.78 bits per heavy atom. The second-order valence-electron chi connectivity index (χ2n) is 6.63. The van der Waals surface area contributed by atoms with Crippen molar-refractivity contribution in [3.63, 3.8) is 0 Å². The van der Waals surface area contributed by atoms with E-state index in [0.717, 1.165) is 5.69 Å². The first-order valence-electron chi connectivity index (χ1n) is 8.51. The molecule has 1 aromatic carbocycles. The molecule has 0 bridgehead atoms. The number of carbonyl (C=O) groups is 1. The molecule has 3 heterocycles. The molecule has 2 aliphatic heterocycles. The number of aromatic nitrogens is 1. The van der Waals surface area contributed by atoms with Crippen molar-refractivity contribution in [3.05, 3.63) is 42.2 Å². The van der Waals surface area contributed by atoms with Crippen molar-refractivity contribution in [2.75, 3.05) is 30.7 Å². The van der Waals surface area contributed by atoms with Crippen LogP contribution in [0.5, 0.6) is 11.5 Å². The molecule has 0 saturated carbocycles. The van der Waals surface area contributed by atoms with Crippen molar-refractivity contribution in [3.8, 4) is 11.5 Å². The molecule has 4 rings (SSSR count). The third kappa shape index (κ3) is 3.68. The Bertz CT molecular complexity index is 992. The van der Waals surface area contributed by atoms with Gasteiger partial charge < -0.3 is 19.7 Å². The molecule has 8 nitrogen and oxygen atoms in total. The smallest absolute Gasteiger partial charge is 0.255 e. The Kier molecular flexibility index (Phi) is 4.39. The van der Waals surface area contributed by atoms with Crippen LogP contribution in [-0.2, 0) is 9.84 Å². The van der Waals surface area contributed by atoms with Crippen molar-refractivity contribution in [2.45, 2.75) is 12.5 Å². The second-order valence-corrected chi connectivity index (χ2v) is 8.86. The highest BCUT2D eigenvalue weighted by molar-refractivity contribution is 7.91. The highest BCUT2D eigenvalue weighted by Gasteiger charge is 2.33. The molecule has 1 unspecified atom stereocenters. The minimum Gasteiger partial charge on any atom is -0.454 e. The lowest BCUT2D eigenvalue weighted by Gasteiger charge is -2.23. The number of sulfone groups is 1. The molecule has 27 heavy (non-hydrogen) atoms. The van der Waals surface area contributed by atoms with Gasteiger partial charge in [-0.15, -0.1) is 0 Å². The van der Waals surface area contributed by atoms with Gasteiger partial charge in [0.2, 0.25) is 6.79 Å². The highest BCUT2D eigenvalue weighted by Crippen LogP contribution is 2.35. The molecule has 1 aromatic heterocycles. The van der Waals surface area contributed by atoms with Gasteiger partial charge in [0.05, 0.1) is 29.0 Å². The molecule has 1 saturated heterocycles. The molecule has 2 aliphatic rings. The van der Waals surface area contributed by atoms with E-state index in [1.807, 2.05) is 12.1 Å². The summed E-state index contributed by atoms with van der Waals surface area (Å²) in [4.78, 5) is 18.3. The van der Waals surface area contributed by atoms with E-state index in [-0.39, 0.29) is 30.2 Å². The summed E-state index contributed by atoms with van der Waals surface area (Å²) in [6.45, 7) is 0.202. The van der Waals surface area contributed by atoms with E-state index in [4.69, 9.17) is 9.47 Å². The van der Waals surface area contributed by atoms with E-state index < -0.39 is 9.84 Å². The van der Waals surface area contributed by atoms with Crippen molar-refractivity contribution < 1.29 is 22.7 Å². The van der Waals surface area contributed by atoms with E-state index in [0.29, 0.717) is 29.2 Å². The first-order chi connectivity index (χ1) is 12.9. The quantitative estimate of drug-likeness (QED) is 0.852. The van der Waals surface area contributed by atoms with Gasteiger partial charge in [0.15, 0.2) is 21.3 Å². The summed E-state index contributed by atoms with van der Waals surface area (Å²) in [6.07, 6.45) is 3.56. The fourth-order valence-corrected chi connectivity index (χ4v) is 4.99. The predicted octanol–water partition coefficient (Wildman–Crippen LogP) is 1.81. The number of benzene rings is 1. The maximum atomic E-state index is 12.7. The van der Waals surface area contributed by atoms with E-state index in [2.05, 4.69) is 10.3 Å². The fourth-order valence-electron chi connectivity index (χ4n) is 3.22. The number of rotatable bonds is 4. The molecule has 142 valence electrons. The monoisotopic (exact) mass is 389 g/mol. The van der Waals surface area contributed by atoms with Crippen LogP contribution in [0.4, 0.5) is 11.4 Å². The zero-order chi connectivity index (χ0) is 19.0. The largest absolute Gasteiger partial charge is 0.454 e. The zero-order valence-corrected chi connectivity index (χ0v) is 15.5. The number of pyridine rings is 1. The fraction of sp³-hybridized carbons (Fsp3) is 0.333. The van der Waals surface area contributed by atoms with E-state index >= 15 is 0 Å². The molecule has 1 amide bonds. The van der Waals surface area contributed by atoms with Crippen LogP contribution in [-0.4, -0.2) is 55.6 Å². The molecule has 0 spiro atoms. The summed E-state index contributed by atoms with van der Waals surface area (Å²) in [6, 6.07) is 6.86. The lowest BCUT2D eigenvalue weighted by Crippen LogP contribution is -2.37. The van der Waals surface area contributed by atoms with Gasteiger partial charge in [-0.2, -0.15) is 0 Å². The van der Waals surface area contributed by atoms with Crippen LogP contribution in [0.3, 0.4) is 0 Å². The number of hydrogen-bond donors (Lipinski definition) is 1. The summed E-state index contributed by atoms with van der Waals surface area (Å²) in [7, 11) is -1.42. The Hall–Kier alpha value is -2.81. The first kappa shape index (κ1) is 17.6. The predicted molar refractivity (Wildman–Crippen MR) is 99.2 cm³/mol. The van der Waals surface area contributed by atoms with Crippen LogP contribution in [0, 0.1) is 0 Å². The number of nitrogens with zero attached hydrogens (tertiary/aromatic N) is 2. The number of anilines is 2. The number of ether oxygens (including phenoxy) is 2. The first-order valence-corrected chi connectivity index (χ1v) is 10.3. The van der Waals surface area contributed by atoms with E-state index in [9.17, 15) is 13.2 Å². The average Bonchev–Trinajstić information content (AvgIpc) is 3.26. The Morgan fingerprint density at radius 2 is 2.00 bits per heavy atom. The summed E-state index contributed by atoms with van der Waals surface area (Å²) < 4.78 is 34.0. The molecule has 1 N–H and O–H groups in total. The Balaban J connectivity index is 1.49. The van der Waals surface area contributed by atoms with Gasteiger partial charge in [0.25, 0.3) is 5.91 Å². The van der Waals surface area contributed by atoms with Crippen molar-refractivity contribution in [2.24, 2.45) is 0 Å². The van der Waals surface area contributed by atoms with Gasteiger partial charge in [-0.25, -0.2) is 8.42 Å². The summed E-state index contributed by atoms with van der Waals surface area (Å²) in [5, 5.41) is 3.19. The maximum Gasteiger partial charge on any atom is 0.255 e. The third-order valence-corrected chi connectivity index (χ3v) is 6.47. The maximum absolute atomic E-state index is 12.7. The van der Waals surface area contributed by atoms with Crippen molar-refractivity contribution >= 4 is 27.1 Å². The standard InChI is InChI=1S/C18H19N3O5S/c1-21(15-4-5-27(23,24)10-15)18(22)12-6-14(9-19-8-12)20-13-2-3-16-17(7-13)26-11-25-16/h2-3,6-9,15,20H,4-5,10-11H2,1H3. The second kappa shape index (κ2) is 6.73. The molecular formula is C18H19N3O5S. The molecule has 0 radical (unpaired) electrons. The van der Waals surface area contributed by atoms with Gasteiger partial charge in [-0.1, -0.05) is 0 Å². The SMILES string of the molecule is CN(C(=O)c1cncc(Nc2ccc3c(c2)OCO3)c1)C1CCS(=O)(=O)C1. The molecule has 1 fully saturated rings. The minimum absolute atomic E-state index is 0.0117. The van der Waals surface area contributed by atoms with E-state index in [1.54, 1.807) is 25.4 Å². The molecule has 1 atom stereocenters. The normalized spacial score (nSPS) is 19.7. The average molecular weight is 389 g/mol. The topological polar surface area (TPSA) is 97.8 Å². The van der Waals surface area contributed by atoms with E-state index in [1.165, 1.54) is 11.1 Å². The highest BCUT2D eigenvalue weighted by atomic mass is 32.2. The number of amides is 1. The Labute approximate surface area is 157 Å².